The van der Waals surface area contributed by atoms with Crippen molar-refractivity contribution in [3.8, 4) is 0 Å². The minimum atomic E-state index is -0.0927. The molecule has 0 bridgehead atoms. The van der Waals surface area contributed by atoms with E-state index >= 15 is 0 Å². The van der Waals surface area contributed by atoms with Crippen molar-refractivity contribution in [2.24, 2.45) is 10.9 Å². The highest BCUT2D eigenvalue weighted by Gasteiger charge is 2.17. The molecule has 0 aliphatic rings. The third-order valence-electron chi connectivity index (χ3n) is 3.32. The van der Waals surface area contributed by atoms with Crippen LogP contribution in [0.5, 0.6) is 0 Å². The van der Waals surface area contributed by atoms with E-state index in [1.807, 2.05) is 31.2 Å². The lowest BCUT2D eigenvalue weighted by molar-refractivity contribution is 0.0897. The monoisotopic (exact) mass is 285 g/mol. The molecule has 0 saturated carbocycles. The van der Waals surface area contributed by atoms with Gasteiger partial charge in [-0.05, 0) is 49.3 Å². The highest BCUT2D eigenvalue weighted by atomic mass is 16.3. The molecule has 0 spiro atoms. The second-order valence-corrected chi connectivity index (χ2v) is 4.84. The molecule has 0 amide bonds. The fraction of sp³-hybridized carbons (Fsp3) is 0.294. The lowest BCUT2D eigenvalue weighted by atomic mass is 9.97. The Hall–Kier alpha value is -2.36. The van der Waals surface area contributed by atoms with Gasteiger partial charge in [0.25, 0.3) is 0 Å². The number of furan rings is 2. The van der Waals surface area contributed by atoms with Crippen molar-refractivity contribution in [2.75, 3.05) is 7.05 Å². The fourth-order valence-electron chi connectivity index (χ4n) is 1.99. The third-order valence-corrected chi connectivity index (χ3v) is 3.32. The van der Waals surface area contributed by atoms with E-state index in [0.717, 1.165) is 24.3 Å². The second kappa shape index (κ2) is 7.43. The summed E-state index contributed by atoms with van der Waals surface area (Å²) in [5, 5.41) is 0. The number of aliphatic imine (C=N–C) groups is 1. The molecule has 2 rings (SSSR count). The van der Waals surface area contributed by atoms with E-state index in [1.54, 1.807) is 25.4 Å². The zero-order valence-electron chi connectivity index (χ0n) is 12.3. The van der Waals surface area contributed by atoms with E-state index in [-0.39, 0.29) is 11.7 Å². The number of carbonyl (C=O) groups excluding carboxylic acids is 1. The van der Waals surface area contributed by atoms with Gasteiger partial charge in [0.05, 0.1) is 12.5 Å². The van der Waals surface area contributed by atoms with Crippen molar-refractivity contribution in [1.29, 1.82) is 0 Å². The zero-order chi connectivity index (χ0) is 15.1. The van der Waals surface area contributed by atoms with Gasteiger partial charge in [0.15, 0.2) is 5.76 Å². The van der Waals surface area contributed by atoms with E-state index in [4.69, 9.17) is 8.83 Å². The Kier molecular flexibility index (Phi) is 5.32. The Bertz CT molecular complexity index is 607. The minimum Gasteiger partial charge on any atom is -0.465 e. The number of nitrogens with zero attached hydrogens (tertiary/aromatic N) is 1. The van der Waals surface area contributed by atoms with Gasteiger partial charge >= 0.3 is 0 Å². The smallest absolute Gasteiger partial charge is 0.200 e. The summed E-state index contributed by atoms with van der Waals surface area (Å²) in [7, 11) is 1.75. The van der Waals surface area contributed by atoms with Gasteiger partial charge in [0, 0.05) is 18.7 Å². The van der Waals surface area contributed by atoms with Gasteiger partial charge in [-0.1, -0.05) is 6.92 Å². The molecule has 21 heavy (non-hydrogen) atoms. The van der Waals surface area contributed by atoms with Crippen LogP contribution in [0.1, 0.15) is 36.1 Å². The molecular weight excluding hydrogens is 266 g/mol. The van der Waals surface area contributed by atoms with Crippen LogP contribution in [0.15, 0.2) is 56.7 Å². The molecule has 0 aliphatic carbocycles. The van der Waals surface area contributed by atoms with Crippen molar-refractivity contribution in [1.82, 2.24) is 0 Å². The fourth-order valence-corrected chi connectivity index (χ4v) is 1.99. The van der Waals surface area contributed by atoms with E-state index < -0.39 is 0 Å². The molecule has 110 valence electrons. The van der Waals surface area contributed by atoms with Crippen molar-refractivity contribution >= 4 is 17.6 Å². The second-order valence-electron chi connectivity index (χ2n) is 4.84. The first kappa shape index (κ1) is 15.0. The van der Waals surface area contributed by atoms with Crippen molar-refractivity contribution in [2.45, 2.75) is 19.8 Å². The van der Waals surface area contributed by atoms with Crippen LogP contribution in [-0.4, -0.2) is 18.5 Å². The van der Waals surface area contributed by atoms with Gasteiger partial charge in [0.2, 0.25) is 5.78 Å². The van der Waals surface area contributed by atoms with Gasteiger partial charge in [-0.3, -0.25) is 9.79 Å². The molecular formula is C17H19NO3. The van der Waals surface area contributed by atoms with Crippen LogP contribution in [0, 0.1) is 5.92 Å². The average Bonchev–Trinajstić information content (AvgIpc) is 3.19. The summed E-state index contributed by atoms with van der Waals surface area (Å²) in [6.07, 6.45) is 8.41. The molecule has 0 fully saturated rings. The number of hydrogen-bond acceptors (Lipinski definition) is 4. The Morgan fingerprint density at radius 2 is 2.05 bits per heavy atom. The summed E-state index contributed by atoms with van der Waals surface area (Å²) in [5.74, 6) is 1.15. The summed E-state index contributed by atoms with van der Waals surface area (Å²) in [6.45, 7) is 1.91. The number of rotatable bonds is 7. The Balaban J connectivity index is 1.87. The molecule has 2 aromatic rings. The zero-order valence-corrected chi connectivity index (χ0v) is 12.3. The lowest BCUT2D eigenvalue weighted by Gasteiger charge is -2.08. The van der Waals surface area contributed by atoms with Crippen LogP contribution in [0.25, 0.3) is 6.08 Å². The molecule has 0 N–H and O–H groups in total. The standard InChI is InChI=1S/C17H19NO3/c1-13(17(19)16-6-4-12-21-16)7-8-14(18-2)9-10-15-5-3-11-20-15/h3-6,9-13H,7-8H2,1-2H3/b10-9+,18-14?. The highest BCUT2D eigenvalue weighted by molar-refractivity contribution is 5.99. The quantitative estimate of drug-likeness (QED) is 0.564. The lowest BCUT2D eigenvalue weighted by Crippen LogP contribution is -2.12. The van der Waals surface area contributed by atoms with E-state index in [0.29, 0.717) is 5.76 Å². The number of allylic oxidation sites excluding steroid dienone is 1. The van der Waals surface area contributed by atoms with Gasteiger partial charge in [-0.15, -0.1) is 0 Å². The van der Waals surface area contributed by atoms with Crippen LogP contribution < -0.4 is 0 Å². The predicted molar refractivity (Wildman–Crippen MR) is 82.5 cm³/mol. The topological polar surface area (TPSA) is 55.7 Å². The van der Waals surface area contributed by atoms with Crippen LogP contribution in [0.3, 0.4) is 0 Å². The van der Waals surface area contributed by atoms with Gasteiger partial charge < -0.3 is 8.83 Å². The Labute approximate surface area is 124 Å². The van der Waals surface area contributed by atoms with E-state index in [2.05, 4.69) is 4.99 Å². The largest absolute Gasteiger partial charge is 0.465 e. The number of carbonyl (C=O) groups is 1. The maximum Gasteiger partial charge on any atom is 0.200 e. The molecule has 0 saturated heterocycles. The molecule has 4 nitrogen and oxygen atoms in total. The van der Waals surface area contributed by atoms with E-state index in [1.165, 1.54) is 6.26 Å². The van der Waals surface area contributed by atoms with Gasteiger partial charge in [-0.2, -0.15) is 0 Å². The third kappa shape index (κ3) is 4.31. The average molecular weight is 285 g/mol. The Morgan fingerprint density at radius 1 is 1.29 bits per heavy atom. The SMILES string of the molecule is CN=C(/C=C/c1ccco1)CCC(C)C(=O)c1ccco1. The number of ketones is 1. The van der Waals surface area contributed by atoms with Crippen LogP contribution in [0.4, 0.5) is 0 Å². The van der Waals surface area contributed by atoms with Crippen molar-refractivity contribution < 1.29 is 13.6 Å². The highest BCUT2D eigenvalue weighted by Crippen LogP contribution is 2.15. The van der Waals surface area contributed by atoms with Gasteiger partial charge in [-0.25, -0.2) is 0 Å². The van der Waals surface area contributed by atoms with Crippen molar-refractivity contribution in [3.63, 3.8) is 0 Å². The maximum atomic E-state index is 12.1. The normalized spacial score (nSPS) is 13.7. The summed E-state index contributed by atoms with van der Waals surface area (Å²) < 4.78 is 10.4. The predicted octanol–water partition coefficient (Wildman–Crippen LogP) is 4.26. The molecule has 1 atom stereocenters. The Morgan fingerprint density at radius 3 is 2.67 bits per heavy atom. The summed E-state index contributed by atoms with van der Waals surface area (Å²) in [4.78, 5) is 16.3. The van der Waals surface area contributed by atoms with Crippen LogP contribution >= 0.6 is 0 Å². The first-order valence-electron chi connectivity index (χ1n) is 6.95. The van der Waals surface area contributed by atoms with Crippen LogP contribution in [0.2, 0.25) is 0 Å². The summed E-state index contributed by atoms with van der Waals surface area (Å²) in [5.41, 5.74) is 0.936. The molecule has 2 aromatic heterocycles. The number of Topliss-reactive ketones (excluding diaryl/α,β-unsaturated/α-hetero) is 1. The maximum absolute atomic E-state index is 12.1. The van der Waals surface area contributed by atoms with E-state index in [9.17, 15) is 4.79 Å². The van der Waals surface area contributed by atoms with Gasteiger partial charge in [0.1, 0.15) is 5.76 Å². The van der Waals surface area contributed by atoms with Crippen molar-refractivity contribution in [3.05, 3.63) is 54.4 Å². The molecule has 2 heterocycles. The summed E-state index contributed by atoms with van der Waals surface area (Å²) >= 11 is 0. The number of hydrogen-bond donors (Lipinski definition) is 0. The molecule has 4 heteroatoms. The minimum absolute atomic E-state index is 0.0328. The molecule has 0 radical (unpaired) electrons. The molecule has 1 unspecified atom stereocenters. The molecule has 0 aliphatic heterocycles. The molecule has 0 aromatic carbocycles. The first-order valence-corrected chi connectivity index (χ1v) is 6.95. The van der Waals surface area contributed by atoms with Crippen LogP contribution in [-0.2, 0) is 0 Å². The first-order chi connectivity index (χ1) is 10.2. The summed E-state index contributed by atoms with van der Waals surface area (Å²) in [6, 6.07) is 7.15.